The molecule has 2 nitrogen and oxygen atoms in total. The normalized spacial score (nSPS) is 18.4. The van der Waals surface area contributed by atoms with Gasteiger partial charge in [0.15, 0.2) is 0 Å². The van der Waals surface area contributed by atoms with E-state index in [2.05, 4.69) is 52.0 Å². The number of rotatable bonds is 2. The summed E-state index contributed by atoms with van der Waals surface area (Å²) in [6.07, 6.45) is 1.70. The van der Waals surface area contributed by atoms with Crippen molar-refractivity contribution >= 4 is 0 Å². The van der Waals surface area contributed by atoms with Crippen LogP contribution in [0, 0.1) is 0 Å². The van der Waals surface area contributed by atoms with Crippen LogP contribution in [0.5, 0.6) is 11.5 Å². The van der Waals surface area contributed by atoms with Crippen molar-refractivity contribution in [2.75, 3.05) is 0 Å². The molecule has 4 aromatic rings. The lowest BCUT2D eigenvalue weighted by atomic mass is 9.71. The van der Waals surface area contributed by atoms with E-state index >= 15 is 0 Å². The summed E-state index contributed by atoms with van der Waals surface area (Å²) >= 11 is 0. The van der Waals surface area contributed by atoms with E-state index in [9.17, 15) is 10.2 Å². The smallest absolute Gasteiger partial charge is 0.127 e. The van der Waals surface area contributed by atoms with Crippen LogP contribution < -0.4 is 0 Å². The molecule has 0 bridgehead atoms. The van der Waals surface area contributed by atoms with Crippen molar-refractivity contribution in [1.29, 1.82) is 0 Å². The van der Waals surface area contributed by atoms with Gasteiger partial charge < -0.3 is 10.2 Å². The lowest BCUT2D eigenvalue weighted by Gasteiger charge is -2.31. The quantitative estimate of drug-likeness (QED) is 0.317. The number of aromatic hydroxyl groups is 2. The lowest BCUT2D eigenvalue weighted by Crippen LogP contribution is -2.27. The van der Waals surface area contributed by atoms with Crippen LogP contribution >= 0.6 is 0 Å². The summed E-state index contributed by atoms with van der Waals surface area (Å²) in [7, 11) is 0. The average molecular weight is 461 g/mol. The van der Waals surface area contributed by atoms with E-state index in [4.69, 9.17) is 0 Å². The summed E-state index contributed by atoms with van der Waals surface area (Å²) in [4.78, 5) is 0. The highest BCUT2D eigenvalue weighted by molar-refractivity contribution is 5.81. The van der Waals surface area contributed by atoms with E-state index in [1.165, 1.54) is 11.1 Å². The van der Waals surface area contributed by atoms with Crippen LogP contribution in [0.25, 0.3) is 22.3 Å². The summed E-state index contributed by atoms with van der Waals surface area (Å²) in [5.41, 5.74) is 7.36. The predicted octanol–water partition coefficient (Wildman–Crippen LogP) is 8.08. The van der Waals surface area contributed by atoms with Gasteiger partial charge in [-0.2, -0.15) is 0 Å². The van der Waals surface area contributed by atoms with Crippen LogP contribution in [0.1, 0.15) is 62.8 Å². The fourth-order valence-electron chi connectivity index (χ4n) is 7.22. The van der Waals surface area contributed by atoms with Crippen LogP contribution in [0.15, 0.2) is 84.9 Å². The van der Waals surface area contributed by atoms with E-state index in [0.717, 1.165) is 46.2 Å². The fraction of sp³-hybridized carbons (Fsp3) is 0.273. The number of benzene rings is 4. The molecule has 2 N–H and O–H groups in total. The van der Waals surface area contributed by atoms with Gasteiger partial charge in [-0.15, -0.1) is 0 Å². The minimum Gasteiger partial charge on any atom is -0.507 e. The Kier molecular flexibility index (Phi) is 4.55. The summed E-state index contributed by atoms with van der Waals surface area (Å²) < 4.78 is 0. The SMILES string of the molecule is CC1(C)CC2(CC(C)(C)c3ccc(-c4ccccc4)c(O)c32)c2c1ccc(-c1ccccc1)c2O. The summed E-state index contributed by atoms with van der Waals surface area (Å²) in [6, 6.07) is 28.7. The van der Waals surface area contributed by atoms with Crippen molar-refractivity contribution in [3.05, 3.63) is 107 Å². The highest BCUT2D eigenvalue weighted by Crippen LogP contribution is 2.67. The third-order valence-electron chi connectivity index (χ3n) is 8.43. The van der Waals surface area contributed by atoms with Crippen LogP contribution in [-0.2, 0) is 16.2 Å². The number of hydrogen-bond donors (Lipinski definition) is 2. The summed E-state index contributed by atoms with van der Waals surface area (Å²) in [6.45, 7) is 9.08. The summed E-state index contributed by atoms with van der Waals surface area (Å²) in [5.74, 6) is 0.708. The van der Waals surface area contributed by atoms with Gasteiger partial charge in [0.05, 0.1) is 0 Å². The molecule has 2 aliphatic rings. The van der Waals surface area contributed by atoms with Gasteiger partial charge in [0.2, 0.25) is 0 Å². The largest absolute Gasteiger partial charge is 0.507 e. The van der Waals surface area contributed by atoms with E-state index in [1.807, 2.05) is 60.7 Å². The molecule has 35 heavy (non-hydrogen) atoms. The number of phenols is 2. The molecule has 0 saturated heterocycles. The molecule has 0 aromatic heterocycles. The number of phenolic OH excluding ortho intramolecular Hbond substituents is 2. The van der Waals surface area contributed by atoms with Crippen LogP contribution in [0.2, 0.25) is 0 Å². The minimum absolute atomic E-state index is 0.130. The molecule has 2 heteroatoms. The standard InChI is InChI=1S/C33H32O2/c1-31(2)19-33(27-25(31)17-15-23(29(27)34)21-11-7-5-8-12-21)20-32(3,4)26-18-16-24(30(35)28(26)33)22-13-9-6-10-14-22/h5-18,34-35H,19-20H2,1-4H3. The monoisotopic (exact) mass is 460 g/mol. The molecule has 6 rings (SSSR count). The first-order chi connectivity index (χ1) is 16.7. The van der Waals surface area contributed by atoms with E-state index in [1.54, 1.807) is 0 Å². The third kappa shape index (κ3) is 3.02. The van der Waals surface area contributed by atoms with Gasteiger partial charge in [-0.25, -0.2) is 0 Å². The van der Waals surface area contributed by atoms with Crippen molar-refractivity contribution in [1.82, 2.24) is 0 Å². The molecule has 0 heterocycles. The molecule has 0 radical (unpaired) electrons. The van der Waals surface area contributed by atoms with Gasteiger partial charge >= 0.3 is 0 Å². The third-order valence-corrected chi connectivity index (χ3v) is 8.43. The molecular weight excluding hydrogens is 428 g/mol. The van der Waals surface area contributed by atoms with Crippen LogP contribution in [0.4, 0.5) is 0 Å². The molecule has 0 fully saturated rings. The second kappa shape index (κ2) is 7.24. The number of fused-ring (bicyclic) bond motifs is 4. The highest BCUT2D eigenvalue weighted by atomic mass is 16.3. The van der Waals surface area contributed by atoms with Crippen LogP contribution in [0.3, 0.4) is 0 Å². The average Bonchev–Trinajstić information content (AvgIpc) is 3.20. The predicted molar refractivity (Wildman–Crippen MR) is 143 cm³/mol. The molecule has 176 valence electrons. The van der Waals surface area contributed by atoms with Crippen molar-refractivity contribution < 1.29 is 10.2 Å². The molecule has 0 amide bonds. The van der Waals surface area contributed by atoms with E-state index in [0.29, 0.717) is 11.5 Å². The van der Waals surface area contributed by atoms with Gasteiger partial charge in [-0.3, -0.25) is 0 Å². The Hall–Kier alpha value is -3.52. The Labute approximate surface area is 207 Å². The maximum absolute atomic E-state index is 11.9. The topological polar surface area (TPSA) is 40.5 Å². The van der Waals surface area contributed by atoms with Crippen molar-refractivity contribution in [2.45, 2.75) is 56.8 Å². The van der Waals surface area contributed by atoms with Crippen molar-refractivity contribution in [3.63, 3.8) is 0 Å². The Morgan fingerprint density at radius 1 is 0.514 bits per heavy atom. The Balaban J connectivity index is 1.67. The zero-order valence-corrected chi connectivity index (χ0v) is 20.9. The van der Waals surface area contributed by atoms with Gasteiger partial charge in [0.25, 0.3) is 0 Å². The molecule has 0 aliphatic heterocycles. The minimum atomic E-state index is -0.457. The molecule has 1 spiro atoms. The second-order valence-electron chi connectivity index (χ2n) is 11.7. The zero-order valence-electron chi connectivity index (χ0n) is 20.9. The Morgan fingerprint density at radius 2 is 0.886 bits per heavy atom. The first kappa shape index (κ1) is 22.0. The van der Waals surface area contributed by atoms with Crippen molar-refractivity contribution in [3.8, 4) is 33.8 Å². The van der Waals surface area contributed by atoms with Crippen LogP contribution in [-0.4, -0.2) is 10.2 Å². The molecule has 4 aromatic carbocycles. The lowest BCUT2D eigenvalue weighted by molar-refractivity contribution is 0.336. The highest BCUT2D eigenvalue weighted by Gasteiger charge is 2.59. The van der Waals surface area contributed by atoms with Gasteiger partial charge in [0.1, 0.15) is 11.5 Å². The first-order valence-corrected chi connectivity index (χ1v) is 12.5. The fourth-order valence-corrected chi connectivity index (χ4v) is 7.22. The van der Waals surface area contributed by atoms with Crippen molar-refractivity contribution in [2.24, 2.45) is 0 Å². The zero-order chi connectivity index (χ0) is 24.6. The Bertz CT molecular complexity index is 1330. The molecular formula is C33H32O2. The molecule has 2 aliphatic carbocycles. The maximum Gasteiger partial charge on any atom is 0.127 e. The van der Waals surface area contributed by atoms with Gasteiger partial charge in [0, 0.05) is 27.7 Å². The first-order valence-electron chi connectivity index (χ1n) is 12.5. The van der Waals surface area contributed by atoms with Gasteiger partial charge in [-0.05, 0) is 45.9 Å². The maximum atomic E-state index is 11.9. The second-order valence-corrected chi connectivity index (χ2v) is 11.7. The number of hydrogen-bond acceptors (Lipinski definition) is 2. The molecule has 0 saturated carbocycles. The summed E-state index contributed by atoms with van der Waals surface area (Å²) in [5, 5.41) is 23.8. The molecule has 0 unspecified atom stereocenters. The molecule has 0 atom stereocenters. The van der Waals surface area contributed by atoms with E-state index < -0.39 is 5.41 Å². The van der Waals surface area contributed by atoms with Gasteiger partial charge in [-0.1, -0.05) is 113 Å². The Morgan fingerprint density at radius 3 is 1.26 bits per heavy atom. The van der Waals surface area contributed by atoms with E-state index in [-0.39, 0.29) is 10.8 Å².